The summed E-state index contributed by atoms with van der Waals surface area (Å²) in [4.78, 5) is 4.22. The van der Waals surface area contributed by atoms with Gasteiger partial charge in [-0.25, -0.2) is 0 Å². The molecule has 1 rings (SSSR count). The van der Waals surface area contributed by atoms with Gasteiger partial charge in [0.15, 0.2) is 0 Å². The van der Waals surface area contributed by atoms with Crippen molar-refractivity contribution in [1.29, 1.82) is 0 Å². The highest BCUT2D eigenvalue weighted by Gasteiger charge is 1.93. The molecule has 60 valence electrons. The maximum Gasteiger partial charge on any atom is 0.0522 e. The van der Waals surface area contributed by atoms with E-state index in [0.717, 1.165) is 17.1 Å². The average molecular weight is 168 g/mol. The summed E-state index contributed by atoms with van der Waals surface area (Å²) in [5.41, 5.74) is 2.26. The van der Waals surface area contributed by atoms with E-state index in [0.29, 0.717) is 0 Å². The Balaban J connectivity index is 2.74. The first kappa shape index (κ1) is 8.40. The van der Waals surface area contributed by atoms with Crippen molar-refractivity contribution in [2.45, 2.75) is 5.75 Å². The monoisotopic (exact) mass is 168 g/mol. The van der Waals surface area contributed by atoms with Crippen molar-refractivity contribution in [2.75, 3.05) is 18.6 Å². The van der Waals surface area contributed by atoms with Crippen LogP contribution in [0.5, 0.6) is 0 Å². The fraction of sp³-hybridized carbons (Fsp3) is 0.375. The summed E-state index contributed by atoms with van der Waals surface area (Å²) in [7, 11) is 1.91. The number of thioether (sulfide) groups is 1. The Morgan fingerprint density at radius 1 is 1.64 bits per heavy atom. The van der Waals surface area contributed by atoms with Crippen LogP contribution in [0.1, 0.15) is 5.69 Å². The summed E-state index contributed by atoms with van der Waals surface area (Å²) < 4.78 is 0. The lowest BCUT2D eigenvalue weighted by molar-refractivity contribution is 1.17. The van der Waals surface area contributed by atoms with Gasteiger partial charge in [-0.15, -0.1) is 0 Å². The molecule has 1 aromatic rings. The number of nitrogens with one attached hydrogen (secondary N) is 1. The molecule has 0 aromatic carbocycles. The summed E-state index contributed by atoms with van der Waals surface area (Å²) in [5.74, 6) is 0.982. The molecule has 0 fully saturated rings. The zero-order chi connectivity index (χ0) is 8.10. The molecule has 0 aliphatic rings. The van der Waals surface area contributed by atoms with Gasteiger partial charge in [-0.1, -0.05) is 0 Å². The van der Waals surface area contributed by atoms with Crippen LogP contribution in [0.25, 0.3) is 0 Å². The minimum absolute atomic E-state index is 0.982. The molecule has 0 aliphatic heterocycles. The van der Waals surface area contributed by atoms with Crippen LogP contribution in [0.2, 0.25) is 0 Å². The predicted octanol–water partition coefficient (Wildman–Crippen LogP) is 1.99. The van der Waals surface area contributed by atoms with Crippen molar-refractivity contribution < 1.29 is 0 Å². The van der Waals surface area contributed by atoms with E-state index in [2.05, 4.69) is 22.6 Å². The van der Waals surface area contributed by atoms with Gasteiger partial charge in [-0.05, 0) is 18.4 Å². The number of rotatable bonds is 3. The lowest BCUT2D eigenvalue weighted by Gasteiger charge is -2.01. The standard InChI is InChI=1S/C8H12N2S/c1-9-7-3-4-10-8(5-7)6-11-2/h3-5H,6H2,1-2H3,(H,9,10). The summed E-state index contributed by atoms with van der Waals surface area (Å²) in [6, 6.07) is 4.03. The lowest BCUT2D eigenvalue weighted by Crippen LogP contribution is -1.91. The Morgan fingerprint density at radius 2 is 2.45 bits per heavy atom. The van der Waals surface area contributed by atoms with Crippen LogP contribution >= 0.6 is 11.8 Å². The third-order valence-corrected chi connectivity index (χ3v) is 1.98. The molecule has 2 nitrogen and oxygen atoms in total. The molecule has 1 N–H and O–H groups in total. The van der Waals surface area contributed by atoms with Crippen LogP contribution in [-0.2, 0) is 5.75 Å². The Morgan fingerprint density at radius 3 is 3.09 bits per heavy atom. The molecule has 0 radical (unpaired) electrons. The van der Waals surface area contributed by atoms with E-state index in [9.17, 15) is 0 Å². The second-order valence-corrected chi connectivity index (χ2v) is 3.08. The fourth-order valence-corrected chi connectivity index (χ4v) is 1.31. The highest BCUT2D eigenvalue weighted by molar-refractivity contribution is 7.97. The van der Waals surface area contributed by atoms with Gasteiger partial charge < -0.3 is 5.32 Å². The van der Waals surface area contributed by atoms with E-state index in [4.69, 9.17) is 0 Å². The van der Waals surface area contributed by atoms with Gasteiger partial charge in [0.1, 0.15) is 0 Å². The summed E-state index contributed by atoms with van der Waals surface area (Å²) in [6.07, 6.45) is 3.91. The zero-order valence-corrected chi connectivity index (χ0v) is 7.61. The minimum atomic E-state index is 0.982. The third-order valence-electron chi connectivity index (χ3n) is 1.40. The van der Waals surface area contributed by atoms with Crippen molar-refractivity contribution in [3.8, 4) is 0 Å². The topological polar surface area (TPSA) is 24.9 Å². The first-order valence-corrected chi connectivity index (χ1v) is 4.88. The van der Waals surface area contributed by atoms with E-state index in [1.165, 1.54) is 0 Å². The smallest absolute Gasteiger partial charge is 0.0522 e. The molecule has 1 heterocycles. The molecule has 0 bridgehead atoms. The van der Waals surface area contributed by atoms with Crippen molar-refractivity contribution in [3.05, 3.63) is 24.0 Å². The van der Waals surface area contributed by atoms with Gasteiger partial charge in [-0.3, -0.25) is 4.98 Å². The molecule has 0 amide bonds. The van der Waals surface area contributed by atoms with Gasteiger partial charge in [0.05, 0.1) is 5.69 Å². The SMILES string of the molecule is CNc1ccnc(CSC)c1. The molecular weight excluding hydrogens is 156 g/mol. The lowest BCUT2D eigenvalue weighted by atomic mass is 10.3. The molecule has 1 aromatic heterocycles. The molecular formula is C8H12N2S. The Kier molecular flexibility index (Phi) is 3.23. The second kappa shape index (κ2) is 4.23. The van der Waals surface area contributed by atoms with Gasteiger partial charge in [0.2, 0.25) is 0 Å². The number of anilines is 1. The Labute approximate surface area is 71.4 Å². The van der Waals surface area contributed by atoms with Crippen LogP contribution in [0.3, 0.4) is 0 Å². The van der Waals surface area contributed by atoms with Crippen molar-refractivity contribution in [1.82, 2.24) is 4.98 Å². The summed E-state index contributed by atoms with van der Waals surface area (Å²) in [5, 5.41) is 3.08. The second-order valence-electron chi connectivity index (χ2n) is 2.22. The maximum atomic E-state index is 4.22. The van der Waals surface area contributed by atoms with Crippen molar-refractivity contribution in [3.63, 3.8) is 0 Å². The molecule has 0 saturated heterocycles. The molecule has 0 spiro atoms. The van der Waals surface area contributed by atoms with Gasteiger partial charge in [0, 0.05) is 24.7 Å². The van der Waals surface area contributed by atoms with Crippen LogP contribution < -0.4 is 5.32 Å². The summed E-state index contributed by atoms with van der Waals surface area (Å²) >= 11 is 1.78. The molecule has 11 heavy (non-hydrogen) atoms. The number of hydrogen-bond donors (Lipinski definition) is 1. The van der Waals surface area contributed by atoms with E-state index in [1.54, 1.807) is 11.8 Å². The zero-order valence-electron chi connectivity index (χ0n) is 6.79. The number of hydrogen-bond acceptors (Lipinski definition) is 3. The number of aromatic nitrogens is 1. The maximum absolute atomic E-state index is 4.22. The molecule has 0 atom stereocenters. The van der Waals surface area contributed by atoms with Crippen LogP contribution in [-0.4, -0.2) is 18.3 Å². The highest BCUT2D eigenvalue weighted by Crippen LogP contribution is 2.10. The fourth-order valence-electron chi connectivity index (χ4n) is 0.861. The van der Waals surface area contributed by atoms with Crippen LogP contribution in [0.15, 0.2) is 18.3 Å². The van der Waals surface area contributed by atoms with Gasteiger partial charge in [-0.2, -0.15) is 11.8 Å². The predicted molar refractivity (Wildman–Crippen MR) is 51.0 cm³/mol. The quantitative estimate of drug-likeness (QED) is 0.747. The minimum Gasteiger partial charge on any atom is -0.388 e. The summed E-state index contributed by atoms with van der Waals surface area (Å²) in [6.45, 7) is 0. The van der Waals surface area contributed by atoms with Crippen molar-refractivity contribution in [2.24, 2.45) is 0 Å². The van der Waals surface area contributed by atoms with Crippen molar-refractivity contribution >= 4 is 17.4 Å². The van der Waals surface area contributed by atoms with Gasteiger partial charge in [0.25, 0.3) is 0 Å². The largest absolute Gasteiger partial charge is 0.388 e. The van der Waals surface area contributed by atoms with Crippen LogP contribution in [0.4, 0.5) is 5.69 Å². The first-order valence-electron chi connectivity index (χ1n) is 3.48. The first-order chi connectivity index (χ1) is 5.36. The van der Waals surface area contributed by atoms with E-state index in [-0.39, 0.29) is 0 Å². The normalized spacial score (nSPS) is 9.64. The molecule has 3 heteroatoms. The van der Waals surface area contributed by atoms with Gasteiger partial charge >= 0.3 is 0 Å². The number of pyridine rings is 1. The molecule has 0 aliphatic carbocycles. The number of nitrogens with zero attached hydrogens (tertiary/aromatic N) is 1. The molecule has 0 unspecified atom stereocenters. The van der Waals surface area contributed by atoms with E-state index < -0.39 is 0 Å². The van der Waals surface area contributed by atoms with E-state index in [1.807, 2.05) is 19.3 Å². The average Bonchev–Trinajstić information content (AvgIpc) is 2.06. The molecule has 0 saturated carbocycles. The Hall–Kier alpha value is -0.700. The van der Waals surface area contributed by atoms with E-state index >= 15 is 0 Å². The Bertz CT molecular complexity index is 225. The third kappa shape index (κ3) is 2.42. The van der Waals surface area contributed by atoms with Crippen LogP contribution in [0, 0.1) is 0 Å². The highest BCUT2D eigenvalue weighted by atomic mass is 32.2.